The molecule has 0 heterocycles. The second-order valence-corrected chi connectivity index (χ2v) is 7.66. The van der Waals surface area contributed by atoms with E-state index < -0.39 is 17.5 Å². The molecule has 1 saturated carbocycles. The zero-order valence-electron chi connectivity index (χ0n) is 14.9. The Kier molecular flexibility index (Phi) is 4.63. The number of allylic oxidation sites excluding steroid dienone is 2. The van der Waals surface area contributed by atoms with Gasteiger partial charge in [0.15, 0.2) is 5.78 Å². The maximum Gasteiger partial charge on any atom is 0.338 e. The molecule has 2 aliphatic carbocycles. The molecule has 2 aliphatic rings. The first kappa shape index (κ1) is 17.6. The minimum Gasteiger partial charge on any atom is -0.458 e. The van der Waals surface area contributed by atoms with Gasteiger partial charge < -0.3 is 4.74 Å². The summed E-state index contributed by atoms with van der Waals surface area (Å²) in [5.74, 6) is -0.464. The Bertz CT molecular complexity index is 719. The van der Waals surface area contributed by atoms with Gasteiger partial charge in [-0.15, -0.1) is 0 Å². The van der Waals surface area contributed by atoms with Crippen LogP contribution in [0.1, 0.15) is 44.0 Å². The number of ketones is 2. The third kappa shape index (κ3) is 3.17. The Morgan fingerprint density at radius 2 is 1.84 bits per heavy atom. The molecule has 0 saturated heterocycles. The molecule has 0 unspecified atom stereocenters. The van der Waals surface area contributed by atoms with Crippen LogP contribution in [0, 0.1) is 23.2 Å². The van der Waals surface area contributed by atoms with Gasteiger partial charge in [0.25, 0.3) is 0 Å². The fourth-order valence-electron chi connectivity index (χ4n) is 4.04. The molecule has 25 heavy (non-hydrogen) atoms. The van der Waals surface area contributed by atoms with Gasteiger partial charge in [-0.1, -0.05) is 38.1 Å². The summed E-state index contributed by atoms with van der Waals surface area (Å²) in [6, 6.07) is 8.85. The summed E-state index contributed by atoms with van der Waals surface area (Å²) in [7, 11) is 0. The van der Waals surface area contributed by atoms with Crippen LogP contribution in [0.4, 0.5) is 0 Å². The van der Waals surface area contributed by atoms with Crippen molar-refractivity contribution in [2.24, 2.45) is 23.2 Å². The smallest absolute Gasteiger partial charge is 0.338 e. The second kappa shape index (κ2) is 6.58. The molecule has 0 aliphatic heterocycles. The lowest BCUT2D eigenvalue weighted by atomic mass is 9.57. The number of benzene rings is 1. The number of Topliss-reactive ketones (excluding diaryl/α,β-unsaturated/α-hetero) is 1. The van der Waals surface area contributed by atoms with E-state index in [4.69, 9.17) is 4.74 Å². The molecule has 1 fully saturated rings. The maximum absolute atomic E-state index is 12.8. The molecule has 3 rings (SSSR count). The van der Waals surface area contributed by atoms with Crippen molar-refractivity contribution in [2.75, 3.05) is 0 Å². The Labute approximate surface area is 148 Å². The predicted molar refractivity (Wildman–Crippen MR) is 94.0 cm³/mol. The third-order valence-corrected chi connectivity index (χ3v) is 5.76. The zero-order chi connectivity index (χ0) is 18.2. The fourth-order valence-corrected chi connectivity index (χ4v) is 4.04. The highest BCUT2D eigenvalue weighted by molar-refractivity contribution is 5.97. The second-order valence-electron chi connectivity index (χ2n) is 7.66. The minimum absolute atomic E-state index is 0.0135. The van der Waals surface area contributed by atoms with Crippen molar-refractivity contribution >= 4 is 17.5 Å². The van der Waals surface area contributed by atoms with Gasteiger partial charge in [-0.3, -0.25) is 9.59 Å². The number of fused-ring (bicyclic) bond motifs is 1. The molecule has 0 spiro atoms. The number of carbonyl (C=O) groups excluding carboxylic acids is 3. The summed E-state index contributed by atoms with van der Waals surface area (Å²) in [4.78, 5) is 37.4. The van der Waals surface area contributed by atoms with E-state index in [0.29, 0.717) is 12.0 Å². The maximum atomic E-state index is 12.8. The molecule has 0 amide bonds. The van der Waals surface area contributed by atoms with Crippen LogP contribution in [0.3, 0.4) is 0 Å². The highest BCUT2D eigenvalue weighted by Gasteiger charge is 2.54. The van der Waals surface area contributed by atoms with Gasteiger partial charge >= 0.3 is 5.97 Å². The molecule has 132 valence electrons. The summed E-state index contributed by atoms with van der Waals surface area (Å²) in [5.41, 5.74) is -0.248. The topological polar surface area (TPSA) is 60.4 Å². The average Bonchev–Trinajstić information content (AvgIpc) is 2.59. The van der Waals surface area contributed by atoms with Crippen LogP contribution in [-0.4, -0.2) is 23.6 Å². The van der Waals surface area contributed by atoms with Crippen LogP contribution >= 0.6 is 0 Å². The molecule has 0 bridgehead atoms. The van der Waals surface area contributed by atoms with Gasteiger partial charge in [0.1, 0.15) is 11.9 Å². The summed E-state index contributed by atoms with van der Waals surface area (Å²) in [6.45, 7) is 5.93. The number of rotatable bonds is 3. The van der Waals surface area contributed by atoms with E-state index in [1.807, 2.05) is 26.8 Å². The number of carbonyl (C=O) groups is 3. The first-order valence-corrected chi connectivity index (χ1v) is 8.84. The van der Waals surface area contributed by atoms with E-state index >= 15 is 0 Å². The molecule has 4 atom stereocenters. The fraction of sp³-hybridized carbons (Fsp3) is 0.476. The third-order valence-electron chi connectivity index (χ3n) is 5.76. The van der Waals surface area contributed by atoms with Gasteiger partial charge in [0.05, 0.1) is 11.0 Å². The monoisotopic (exact) mass is 340 g/mol. The Balaban J connectivity index is 1.95. The minimum atomic E-state index is -0.735. The van der Waals surface area contributed by atoms with Gasteiger partial charge in [0, 0.05) is 24.7 Å². The Morgan fingerprint density at radius 1 is 1.16 bits per heavy atom. The first-order chi connectivity index (χ1) is 11.8. The average molecular weight is 340 g/mol. The summed E-state index contributed by atoms with van der Waals surface area (Å²) < 4.78 is 5.91. The molecule has 1 aromatic rings. The quantitative estimate of drug-likeness (QED) is 0.789. The van der Waals surface area contributed by atoms with Crippen molar-refractivity contribution in [1.82, 2.24) is 0 Å². The first-order valence-electron chi connectivity index (χ1n) is 8.84. The molecule has 4 nitrogen and oxygen atoms in total. The number of ether oxygens (including phenoxy) is 1. The Hall–Kier alpha value is -2.23. The van der Waals surface area contributed by atoms with E-state index in [2.05, 4.69) is 0 Å². The van der Waals surface area contributed by atoms with Crippen LogP contribution in [0.25, 0.3) is 0 Å². The van der Waals surface area contributed by atoms with Crippen molar-refractivity contribution < 1.29 is 19.1 Å². The zero-order valence-corrected chi connectivity index (χ0v) is 14.9. The molecule has 4 heteroatoms. The number of hydrogen-bond donors (Lipinski definition) is 0. The highest BCUT2D eigenvalue weighted by Crippen LogP contribution is 2.49. The summed E-state index contributed by atoms with van der Waals surface area (Å²) in [5, 5.41) is 0. The van der Waals surface area contributed by atoms with Gasteiger partial charge in [-0.2, -0.15) is 0 Å². The summed E-state index contributed by atoms with van der Waals surface area (Å²) >= 11 is 0. The van der Waals surface area contributed by atoms with E-state index in [1.54, 1.807) is 30.3 Å². The van der Waals surface area contributed by atoms with Crippen LogP contribution < -0.4 is 0 Å². The van der Waals surface area contributed by atoms with E-state index in [1.165, 1.54) is 6.08 Å². The highest BCUT2D eigenvalue weighted by atomic mass is 16.5. The molecule has 0 radical (unpaired) electrons. The van der Waals surface area contributed by atoms with Crippen molar-refractivity contribution in [3.8, 4) is 0 Å². The van der Waals surface area contributed by atoms with E-state index in [-0.39, 0.29) is 35.7 Å². The molecule has 1 aromatic carbocycles. The van der Waals surface area contributed by atoms with E-state index in [9.17, 15) is 14.4 Å². The van der Waals surface area contributed by atoms with Crippen molar-refractivity contribution in [3.05, 3.63) is 48.0 Å². The lowest BCUT2D eigenvalue weighted by molar-refractivity contribution is -0.147. The lowest BCUT2D eigenvalue weighted by Crippen LogP contribution is -2.54. The lowest BCUT2D eigenvalue weighted by Gasteiger charge is -2.48. The van der Waals surface area contributed by atoms with Crippen LogP contribution in [-0.2, 0) is 14.3 Å². The van der Waals surface area contributed by atoms with Crippen LogP contribution in [0.5, 0.6) is 0 Å². The van der Waals surface area contributed by atoms with Crippen molar-refractivity contribution in [3.63, 3.8) is 0 Å². The van der Waals surface area contributed by atoms with Crippen molar-refractivity contribution in [1.29, 1.82) is 0 Å². The predicted octanol–water partition coefficient (Wildman–Crippen LogP) is 3.61. The standard InChI is InChI=1S/C21H24O4/c1-13(2)16-12-18(23)21(3)10-9-15(22)11-17(21)19(16)25-20(24)14-7-5-4-6-8-14/h4-10,13,16-17,19H,11-12H2,1-3H3/t16-,17+,19-,21+/m0/s1. The van der Waals surface area contributed by atoms with E-state index in [0.717, 1.165) is 0 Å². The van der Waals surface area contributed by atoms with Crippen molar-refractivity contribution in [2.45, 2.75) is 39.7 Å². The van der Waals surface area contributed by atoms with Crippen LogP contribution in [0.15, 0.2) is 42.5 Å². The van der Waals surface area contributed by atoms with Gasteiger partial charge in [-0.05, 0) is 31.1 Å². The number of esters is 1. The number of hydrogen-bond acceptors (Lipinski definition) is 4. The Morgan fingerprint density at radius 3 is 2.48 bits per heavy atom. The van der Waals surface area contributed by atoms with Crippen LogP contribution in [0.2, 0.25) is 0 Å². The normalized spacial score (nSPS) is 31.8. The molecule has 0 N–H and O–H groups in total. The largest absolute Gasteiger partial charge is 0.458 e. The molecular weight excluding hydrogens is 316 g/mol. The van der Waals surface area contributed by atoms with Gasteiger partial charge in [-0.25, -0.2) is 4.79 Å². The SMILES string of the molecule is CC(C)[C@@H]1CC(=O)[C@]2(C)C=CC(=O)C[C@@H]2[C@H]1OC(=O)c1ccccc1. The molecule has 0 aromatic heterocycles. The van der Waals surface area contributed by atoms with Gasteiger partial charge in [0.2, 0.25) is 0 Å². The summed E-state index contributed by atoms with van der Waals surface area (Å²) in [6.07, 6.45) is 3.39. The molecular formula is C21H24O4.